The summed E-state index contributed by atoms with van der Waals surface area (Å²) in [4.78, 5) is 8.84. The molecule has 1 atom stereocenters. The Labute approximate surface area is 142 Å². The van der Waals surface area contributed by atoms with Crippen LogP contribution in [0, 0.1) is 26.6 Å². The molecule has 6 heteroatoms. The molecule has 0 fully saturated rings. The molecule has 0 saturated heterocycles. The summed E-state index contributed by atoms with van der Waals surface area (Å²) in [6, 6.07) is 4.60. The van der Waals surface area contributed by atoms with Crippen molar-refractivity contribution in [2.45, 2.75) is 40.2 Å². The van der Waals surface area contributed by atoms with Crippen molar-refractivity contribution >= 4 is 11.5 Å². The first-order valence-electron chi connectivity index (χ1n) is 7.98. The predicted molar refractivity (Wildman–Crippen MR) is 92.5 cm³/mol. The number of hydrogen-bond acceptors (Lipinski definition) is 5. The molecule has 1 N–H and O–H groups in total. The van der Waals surface area contributed by atoms with E-state index in [1.807, 2.05) is 27.7 Å². The molecule has 0 spiro atoms. The lowest BCUT2D eigenvalue weighted by molar-refractivity contribution is 0.0750. The molecule has 130 valence electrons. The lowest BCUT2D eigenvalue weighted by Gasteiger charge is -2.19. The van der Waals surface area contributed by atoms with E-state index in [9.17, 15) is 4.39 Å². The van der Waals surface area contributed by atoms with Gasteiger partial charge in [0.1, 0.15) is 23.6 Å². The summed E-state index contributed by atoms with van der Waals surface area (Å²) >= 11 is 0. The summed E-state index contributed by atoms with van der Waals surface area (Å²) in [7, 11) is 1.65. The van der Waals surface area contributed by atoms with Crippen LogP contribution in [0.1, 0.15) is 30.3 Å². The summed E-state index contributed by atoms with van der Waals surface area (Å²) in [6.07, 6.45) is 0.749. The minimum absolute atomic E-state index is 0.0663. The second-order valence-electron chi connectivity index (χ2n) is 5.74. The third-order valence-electron chi connectivity index (χ3n) is 3.74. The van der Waals surface area contributed by atoms with Crippen molar-refractivity contribution in [3.8, 4) is 5.88 Å². The van der Waals surface area contributed by atoms with E-state index in [0.717, 1.165) is 23.2 Å². The Hall–Kier alpha value is -2.21. The van der Waals surface area contributed by atoms with Crippen molar-refractivity contribution in [3.63, 3.8) is 0 Å². The number of benzene rings is 1. The zero-order chi connectivity index (χ0) is 17.7. The third kappa shape index (κ3) is 4.41. The summed E-state index contributed by atoms with van der Waals surface area (Å²) in [5.41, 5.74) is 2.41. The fraction of sp³-hybridized carbons (Fsp3) is 0.444. The van der Waals surface area contributed by atoms with Gasteiger partial charge in [0, 0.05) is 12.8 Å². The van der Waals surface area contributed by atoms with E-state index in [1.54, 1.807) is 13.2 Å². The average molecular weight is 333 g/mol. The number of aromatic nitrogens is 2. The number of nitrogens with zero attached hydrogens (tertiary/aromatic N) is 2. The van der Waals surface area contributed by atoms with Crippen LogP contribution in [0.15, 0.2) is 18.2 Å². The van der Waals surface area contributed by atoms with Gasteiger partial charge in [-0.15, -0.1) is 0 Å². The second kappa shape index (κ2) is 8.06. The summed E-state index contributed by atoms with van der Waals surface area (Å²) in [6.45, 7) is 8.09. The van der Waals surface area contributed by atoms with Crippen LogP contribution >= 0.6 is 0 Å². The van der Waals surface area contributed by atoms with E-state index in [2.05, 4.69) is 15.3 Å². The number of hydrogen-bond donors (Lipinski definition) is 1. The largest absolute Gasteiger partial charge is 0.472 e. The van der Waals surface area contributed by atoms with Crippen molar-refractivity contribution in [2.75, 3.05) is 19.0 Å². The number of ether oxygens (including phenoxy) is 2. The van der Waals surface area contributed by atoms with Crippen LogP contribution in [0.3, 0.4) is 0 Å². The van der Waals surface area contributed by atoms with Gasteiger partial charge in [-0.1, -0.05) is 6.92 Å². The Balaban J connectivity index is 2.30. The molecule has 1 heterocycles. The fourth-order valence-corrected chi connectivity index (χ4v) is 2.31. The molecule has 1 unspecified atom stereocenters. The molecular weight excluding hydrogens is 309 g/mol. The molecule has 0 aliphatic carbocycles. The lowest BCUT2D eigenvalue weighted by atomic mass is 10.2. The fourth-order valence-electron chi connectivity index (χ4n) is 2.31. The van der Waals surface area contributed by atoms with Crippen molar-refractivity contribution < 1.29 is 13.9 Å². The zero-order valence-corrected chi connectivity index (χ0v) is 14.8. The maximum absolute atomic E-state index is 13.3. The Kier molecular flexibility index (Phi) is 6.09. The van der Waals surface area contributed by atoms with E-state index in [-0.39, 0.29) is 11.9 Å². The van der Waals surface area contributed by atoms with Crippen LogP contribution in [-0.2, 0) is 4.74 Å². The molecule has 0 radical (unpaired) electrons. The van der Waals surface area contributed by atoms with Crippen LogP contribution in [0.25, 0.3) is 0 Å². The Morgan fingerprint density at radius 3 is 2.58 bits per heavy atom. The van der Waals surface area contributed by atoms with Crippen molar-refractivity contribution in [2.24, 2.45) is 0 Å². The normalized spacial score (nSPS) is 12.1. The van der Waals surface area contributed by atoms with Gasteiger partial charge in [0.25, 0.3) is 0 Å². The molecule has 0 amide bonds. The Bertz CT molecular complexity index is 707. The SMILES string of the molecule is CCC(COC)Oc1nc(C)nc(Nc2ccc(F)cc2C)c1C. The first-order valence-corrected chi connectivity index (χ1v) is 7.98. The Morgan fingerprint density at radius 1 is 1.21 bits per heavy atom. The molecule has 0 saturated carbocycles. The van der Waals surface area contributed by atoms with Gasteiger partial charge in [-0.25, -0.2) is 9.37 Å². The van der Waals surface area contributed by atoms with E-state index in [4.69, 9.17) is 9.47 Å². The molecule has 1 aromatic carbocycles. The molecule has 24 heavy (non-hydrogen) atoms. The minimum atomic E-state index is -0.261. The van der Waals surface area contributed by atoms with E-state index in [1.165, 1.54) is 12.1 Å². The first kappa shape index (κ1) is 18.1. The highest BCUT2D eigenvalue weighted by atomic mass is 19.1. The highest BCUT2D eigenvalue weighted by Crippen LogP contribution is 2.27. The van der Waals surface area contributed by atoms with Crippen molar-refractivity contribution in [3.05, 3.63) is 41.0 Å². The zero-order valence-electron chi connectivity index (χ0n) is 14.8. The van der Waals surface area contributed by atoms with Gasteiger partial charge < -0.3 is 14.8 Å². The minimum Gasteiger partial charge on any atom is -0.472 e. The molecule has 2 aromatic rings. The molecule has 0 aliphatic heterocycles. The van der Waals surface area contributed by atoms with Gasteiger partial charge >= 0.3 is 0 Å². The molecule has 0 aliphatic rings. The van der Waals surface area contributed by atoms with Crippen LogP contribution in [0.4, 0.5) is 15.9 Å². The number of nitrogens with one attached hydrogen (secondary N) is 1. The van der Waals surface area contributed by atoms with E-state index in [0.29, 0.717) is 24.1 Å². The molecule has 1 aromatic heterocycles. The Morgan fingerprint density at radius 2 is 1.96 bits per heavy atom. The first-order chi connectivity index (χ1) is 11.4. The van der Waals surface area contributed by atoms with Gasteiger partial charge in [-0.2, -0.15) is 4.98 Å². The molecule has 2 rings (SSSR count). The third-order valence-corrected chi connectivity index (χ3v) is 3.74. The van der Waals surface area contributed by atoms with E-state index < -0.39 is 0 Å². The number of rotatable bonds is 7. The number of anilines is 2. The summed E-state index contributed by atoms with van der Waals surface area (Å²) < 4.78 is 24.4. The van der Waals surface area contributed by atoms with Crippen molar-refractivity contribution in [1.29, 1.82) is 0 Å². The van der Waals surface area contributed by atoms with Crippen LogP contribution in [-0.4, -0.2) is 29.8 Å². The summed E-state index contributed by atoms with van der Waals surface area (Å²) in [5, 5.41) is 3.24. The number of methoxy groups -OCH3 is 1. The van der Waals surface area contributed by atoms with Crippen LogP contribution < -0.4 is 10.1 Å². The number of halogens is 1. The maximum atomic E-state index is 13.3. The van der Waals surface area contributed by atoms with Gasteiger partial charge in [0.15, 0.2) is 0 Å². The van der Waals surface area contributed by atoms with Crippen LogP contribution in [0.5, 0.6) is 5.88 Å². The van der Waals surface area contributed by atoms with E-state index >= 15 is 0 Å². The second-order valence-corrected chi connectivity index (χ2v) is 5.74. The topological polar surface area (TPSA) is 56.3 Å². The van der Waals surface area contributed by atoms with Gasteiger partial charge in [0.05, 0.1) is 12.2 Å². The van der Waals surface area contributed by atoms with Crippen LogP contribution in [0.2, 0.25) is 0 Å². The van der Waals surface area contributed by atoms with Gasteiger partial charge in [0.2, 0.25) is 5.88 Å². The predicted octanol–water partition coefficient (Wildman–Crippen LogP) is 4.09. The smallest absolute Gasteiger partial charge is 0.222 e. The monoisotopic (exact) mass is 333 g/mol. The average Bonchev–Trinajstić information content (AvgIpc) is 2.53. The summed E-state index contributed by atoms with van der Waals surface area (Å²) in [5.74, 6) is 1.53. The molecule has 0 bridgehead atoms. The molecule has 5 nitrogen and oxygen atoms in total. The quantitative estimate of drug-likeness (QED) is 0.827. The highest BCUT2D eigenvalue weighted by molar-refractivity contribution is 5.63. The number of aryl methyl sites for hydroxylation is 2. The maximum Gasteiger partial charge on any atom is 0.222 e. The van der Waals surface area contributed by atoms with Gasteiger partial charge in [-0.05, 0) is 51.0 Å². The van der Waals surface area contributed by atoms with Crippen molar-refractivity contribution in [1.82, 2.24) is 9.97 Å². The molecular formula is C18H24FN3O2. The standard InChI is InChI=1S/C18H24FN3O2/c1-6-15(10-23-5)24-18-12(3)17(20-13(4)21-18)22-16-8-7-14(19)9-11(16)2/h7-9,15H,6,10H2,1-5H3,(H,20,21,22). The lowest BCUT2D eigenvalue weighted by Crippen LogP contribution is -2.22. The highest BCUT2D eigenvalue weighted by Gasteiger charge is 2.16. The van der Waals surface area contributed by atoms with Gasteiger partial charge in [-0.3, -0.25) is 0 Å².